The van der Waals surface area contributed by atoms with Crippen LogP contribution in [-0.4, -0.2) is 27.0 Å². The fourth-order valence-electron chi connectivity index (χ4n) is 5.58. The SMILES string of the molecule is CCOC(=O)C1=C(c2ccccc2)N=c2s/c(=C\c3ccc(Oc4ccc([N+](=O)[O-])cc4[N+](=O)[O-])cc3)c(=O)n2[C@@H]1c1ccc(C(C)C)cc1. The molecule has 0 saturated carbocycles. The number of rotatable bonds is 10. The van der Waals surface area contributed by atoms with Gasteiger partial charge in [-0.05, 0) is 53.8 Å². The molecule has 0 saturated heterocycles. The summed E-state index contributed by atoms with van der Waals surface area (Å²) in [5.74, 6) is -0.190. The van der Waals surface area contributed by atoms with Crippen LogP contribution in [0, 0.1) is 20.2 Å². The minimum absolute atomic E-state index is 0.144. The number of fused-ring (bicyclic) bond motifs is 1. The maximum Gasteiger partial charge on any atom is 0.338 e. The number of thiazole rings is 1. The Labute approximate surface area is 289 Å². The van der Waals surface area contributed by atoms with Gasteiger partial charge in [-0.2, -0.15) is 0 Å². The lowest BCUT2D eigenvalue weighted by atomic mass is 9.91. The summed E-state index contributed by atoms with van der Waals surface area (Å²) in [5.41, 5.74) is 2.55. The molecular weight excluding hydrogens is 660 g/mol. The molecule has 0 N–H and O–H groups in total. The lowest BCUT2D eigenvalue weighted by Crippen LogP contribution is -2.40. The summed E-state index contributed by atoms with van der Waals surface area (Å²) in [6.45, 7) is 6.05. The Hall–Kier alpha value is -6.21. The molecular formula is C37H30N4O8S. The molecule has 252 valence electrons. The monoisotopic (exact) mass is 690 g/mol. The van der Waals surface area contributed by atoms with Gasteiger partial charge in [0.1, 0.15) is 5.75 Å². The van der Waals surface area contributed by atoms with E-state index in [-0.39, 0.29) is 35.2 Å². The number of nitro groups is 2. The number of aromatic nitrogens is 1. The maximum atomic E-state index is 14.2. The third-order valence-corrected chi connectivity index (χ3v) is 9.03. The molecule has 1 atom stereocenters. The van der Waals surface area contributed by atoms with Crippen molar-refractivity contribution in [2.24, 2.45) is 4.99 Å². The average Bonchev–Trinajstić information content (AvgIpc) is 3.42. The summed E-state index contributed by atoms with van der Waals surface area (Å²) in [4.78, 5) is 54.3. The van der Waals surface area contributed by atoms with Crippen LogP contribution in [0.1, 0.15) is 55.0 Å². The van der Waals surface area contributed by atoms with Gasteiger partial charge in [0, 0.05) is 11.6 Å². The van der Waals surface area contributed by atoms with E-state index < -0.39 is 33.2 Å². The quantitative estimate of drug-likeness (QED) is 0.0894. The molecule has 13 heteroatoms. The summed E-state index contributed by atoms with van der Waals surface area (Å²) in [6.07, 6.45) is 1.69. The smallest absolute Gasteiger partial charge is 0.338 e. The van der Waals surface area contributed by atoms with Crippen molar-refractivity contribution in [3.63, 3.8) is 0 Å². The molecule has 5 aromatic rings. The highest BCUT2D eigenvalue weighted by molar-refractivity contribution is 7.07. The zero-order valence-electron chi connectivity index (χ0n) is 27.1. The Morgan fingerprint density at radius 1 is 0.960 bits per heavy atom. The molecule has 0 spiro atoms. The zero-order chi connectivity index (χ0) is 35.5. The van der Waals surface area contributed by atoms with Gasteiger partial charge in [-0.15, -0.1) is 0 Å². The number of esters is 1. The van der Waals surface area contributed by atoms with Gasteiger partial charge in [0.05, 0.1) is 44.4 Å². The molecule has 0 unspecified atom stereocenters. The summed E-state index contributed by atoms with van der Waals surface area (Å²) in [7, 11) is 0. The highest BCUT2D eigenvalue weighted by Crippen LogP contribution is 2.36. The zero-order valence-corrected chi connectivity index (χ0v) is 28.0. The number of hydrogen-bond donors (Lipinski definition) is 0. The van der Waals surface area contributed by atoms with Gasteiger partial charge in [-0.1, -0.05) is 91.9 Å². The van der Waals surface area contributed by atoms with Crippen LogP contribution >= 0.6 is 11.3 Å². The van der Waals surface area contributed by atoms with Crippen molar-refractivity contribution < 1.29 is 24.1 Å². The van der Waals surface area contributed by atoms with Crippen LogP contribution < -0.4 is 19.6 Å². The van der Waals surface area contributed by atoms with Crippen molar-refractivity contribution in [3.05, 3.63) is 165 Å². The first-order chi connectivity index (χ1) is 24.0. The van der Waals surface area contributed by atoms with Crippen molar-refractivity contribution in [1.29, 1.82) is 0 Å². The third-order valence-electron chi connectivity index (χ3n) is 8.05. The van der Waals surface area contributed by atoms with Crippen molar-refractivity contribution in [3.8, 4) is 11.5 Å². The summed E-state index contributed by atoms with van der Waals surface area (Å²) in [5, 5.41) is 22.6. The van der Waals surface area contributed by atoms with E-state index in [2.05, 4.69) is 13.8 Å². The first kappa shape index (κ1) is 33.7. The van der Waals surface area contributed by atoms with E-state index >= 15 is 0 Å². The topological polar surface area (TPSA) is 156 Å². The molecule has 50 heavy (non-hydrogen) atoms. The van der Waals surface area contributed by atoms with Crippen LogP contribution in [0.15, 0.2) is 112 Å². The molecule has 12 nitrogen and oxygen atoms in total. The Kier molecular flexibility index (Phi) is 9.50. The second-order valence-electron chi connectivity index (χ2n) is 11.6. The Morgan fingerprint density at radius 2 is 1.66 bits per heavy atom. The van der Waals surface area contributed by atoms with Crippen LogP contribution in [0.4, 0.5) is 11.4 Å². The number of carbonyl (C=O) groups excluding carboxylic acids is 1. The summed E-state index contributed by atoms with van der Waals surface area (Å²) in [6, 6.07) is 26.0. The summed E-state index contributed by atoms with van der Waals surface area (Å²) >= 11 is 1.19. The fourth-order valence-corrected chi connectivity index (χ4v) is 6.58. The van der Waals surface area contributed by atoms with E-state index in [1.807, 2.05) is 54.6 Å². The number of ether oxygens (including phenoxy) is 2. The van der Waals surface area contributed by atoms with E-state index in [1.165, 1.54) is 22.0 Å². The van der Waals surface area contributed by atoms with Crippen molar-refractivity contribution in [2.75, 3.05) is 6.61 Å². The maximum absolute atomic E-state index is 14.2. The lowest BCUT2D eigenvalue weighted by molar-refractivity contribution is -0.394. The van der Waals surface area contributed by atoms with Crippen LogP contribution in [0.2, 0.25) is 0 Å². The predicted octanol–water partition coefficient (Wildman–Crippen LogP) is 6.67. The molecule has 1 aliphatic heterocycles. The Balaban J connectivity index is 1.44. The van der Waals surface area contributed by atoms with Gasteiger partial charge in [-0.3, -0.25) is 29.6 Å². The van der Waals surface area contributed by atoms with E-state index in [0.29, 0.717) is 26.2 Å². The largest absolute Gasteiger partial charge is 0.463 e. The molecule has 1 aliphatic rings. The van der Waals surface area contributed by atoms with Crippen LogP contribution in [-0.2, 0) is 9.53 Å². The number of non-ortho nitro benzene ring substituents is 1. The molecule has 0 amide bonds. The average molecular weight is 691 g/mol. The Morgan fingerprint density at radius 3 is 2.28 bits per heavy atom. The first-order valence-corrected chi connectivity index (χ1v) is 16.5. The summed E-state index contributed by atoms with van der Waals surface area (Å²) < 4.78 is 13.1. The van der Waals surface area contributed by atoms with Gasteiger partial charge in [0.15, 0.2) is 4.80 Å². The molecule has 0 bridgehead atoms. The van der Waals surface area contributed by atoms with Gasteiger partial charge >= 0.3 is 11.7 Å². The molecule has 1 aromatic heterocycles. The van der Waals surface area contributed by atoms with Crippen molar-refractivity contribution in [2.45, 2.75) is 32.7 Å². The number of nitro benzene ring substituents is 2. The Bertz CT molecular complexity index is 2330. The minimum Gasteiger partial charge on any atom is -0.463 e. The van der Waals surface area contributed by atoms with E-state index in [0.717, 1.165) is 23.3 Å². The van der Waals surface area contributed by atoms with E-state index in [9.17, 15) is 29.8 Å². The lowest BCUT2D eigenvalue weighted by Gasteiger charge is -2.26. The molecule has 0 aliphatic carbocycles. The molecule has 6 rings (SSSR count). The third kappa shape index (κ3) is 6.71. The standard InChI is InChI=1S/C37H30N4O8S/c1-4-48-36(43)32-33(25-8-6-5-7-9-25)38-37-39(34(32)26-14-12-24(13-15-26)22(2)3)35(42)31(50-37)20-23-10-17-28(18-11-23)49-30-19-16-27(40(44)45)21-29(30)41(46)47/h5-22,34H,4H2,1-3H3/b31-20-/t34-/m1/s1. The van der Waals surface area contributed by atoms with Crippen LogP contribution in [0.5, 0.6) is 11.5 Å². The van der Waals surface area contributed by atoms with Crippen LogP contribution in [0.3, 0.4) is 0 Å². The van der Waals surface area contributed by atoms with Gasteiger partial charge < -0.3 is 9.47 Å². The molecule has 4 aromatic carbocycles. The normalized spacial score (nSPS) is 14.2. The predicted molar refractivity (Wildman–Crippen MR) is 188 cm³/mol. The van der Waals surface area contributed by atoms with Crippen molar-refractivity contribution in [1.82, 2.24) is 4.57 Å². The fraction of sp³-hybridized carbons (Fsp3) is 0.162. The second kappa shape index (κ2) is 14.1. The first-order valence-electron chi connectivity index (χ1n) is 15.6. The number of benzene rings is 4. The number of carbonyl (C=O) groups is 1. The van der Waals surface area contributed by atoms with E-state index in [1.54, 1.807) is 37.3 Å². The highest BCUT2D eigenvalue weighted by atomic mass is 32.1. The van der Waals surface area contributed by atoms with Gasteiger partial charge in [-0.25, -0.2) is 9.79 Å². The van der Waals surface area contributed by atoms with Crippen molar-refractivity contribution >= 4 is 40.5 Å². The number of nitrogens with zero attached hydrogens (tertiary/aromatic N) is 4. The second-order valence-corrected chi connectivity index (χ2v) is 12.6. The highest BCUT2D eigenvalue weighted by Gasteiger charge is 2.35. The number of hydrogen-bond acceptors (Lipinski definition) is 10. The van der Waals surface area contributed by atoms with E-state index in [4.69, 9.17) is 14.5 Å². The van der Waals surface area contributed by atoms with Crippen LogP contribution in [0.25, 0.3) is 11.8 Å². The van der Waals surface area contributed by atoms with Gasteiger partial charge in [0.25, 0.3) is 11.2 Å². The van der Waals surface area contributed by atoms with Gasteiger partial charge in [0.2, 0.25) is 5.75 Å². The molecule has 0 radical (unpaired) electrons. The molecule has 2 heterocycles. The minimum atomic E-state index is -0.808. The molecule has 0 fully saturated rings.